The first kappa shape index (κ1) is 16.8. The van der Waals surface area contributed by atoms with E-state index in [0.29, 0.717) is 0 Å². The van der Waals surface area contributed by atoms with Gasteiger partial charge in [0, 0.05) is 22.5 Å². The van der Waals surface area contributed by atoms with E-state index in [9.17, 15) is 0 Å². The molecule has 0 bridgehead atoms. The number of pyridine rings is 1. The smallest absolute Gasteiger partial charge is 0.137 e. The summed E-state index contributed by atoms with van der Waals surface area (Å²) in [5.74, 6) is 0.963. The summed E-state index contributed by atoms with van der Waals surface area (Å²) in [7, 11) is 0. The Morgan fingerprint density at radius 1 is 0.643 bits per heavy atom. The third-order valence-corrected chi connectivity index (χ3v) is 5.66. The van der Waals surface area contributed by atoms with Gasteiger partial charge in [0.2, 0.25) is 0 Å². The van der Waals surface area contributed by atoms with Crippen LogP contribution in [0.2, 0.25) is 0 Å². The zero-order valence-corrected chi connectivity index (χ0v) is 16.4. The van der Waals surface area contributed by atoms with Gasteiger partial charge in [-0.1, -0.05) is 54.6 Å². The Labute approximate surface area is 165 Å². The van der Waals surface area contributed by atoms with Gasteiger partial charge in [-0.15, -0.1) is 0 Å². The lowest BCUT2D eigenvalue weighted by molar-refractivity contribution is 1.07. The van der Waals surface area contributed by atoms with Crippen molar-refractivity contribution in [3.8, 4) is 16.9 Å². The van der Waals surface area contributed by atoms with E-state index in [1.54, 1.807) is 0 Å². The van der Waals surface area contributed by atoms with Crippen LogP contribution in [0.1, 0.15) is 16.7 Å². The van der Waals surface area contributed by atoms with Crippen molar-refractivity contribution in [3.63, 3.8) is 0 Å². The molecule has 0 fully saturated rings. The minimum atomic E-state index is 0.963. The van der Waals surface area contributed by atoms with Crippen LogP contribution in [0.15, 0.2) is 79.0 Å². The summed E-state index contributed by atoms with van der Waals surface area (Å²) in [6.07, 6.45) is 2.03. The molecule has 0 aliphatic rings. The normalized spacial score (nSPS) is 11.4. The van der Waals surface area contributed by atoms with E-state index >= 15 is 0 Å². The minimum absolute atomic E-state index is 0.963. The maximum atomic E-state index is 4.90. The Kier molecular flexibility index (Phi) is 3.80. The fourth-order valence-corrected chi connectivity index (χ4v) is 4.33. The highest BCUT2D eigenvalue weighted by Gasteiger charge is 2.14. The molecule has 0 amide bonds. The standard InChI is InChI=1S/C26H22N2/c1-17-9-8-10-18(2)26(17)22-16-27-25(15-19(22)3)28-23-13-6-4-11-20(23)21-12-5-7-14-24(21)28/h4-16H,1-3H3. The average molecular weight is 362 g/mol. The second kappa shape index (κ2) is 6.35. The summed E-state index contributed by atoms with van der Waals surface area (Å²) in [6, 6.07) is 25.8. The Balaban J connectivity index is 1.77. The van der Waals surface area contributed by atoms with Gasteiger partial charge in [0.15, 0.2) is 0 Å². The van der Waals surface area contributed by atoms with Crippen LogP contribution in [0.5, 0.6) is 0 Å². The zero-order chi connectivity index (χ0) is 19.3. The topological polar surface area (TPSA) is 17.8 Å². The second-order valence-electron chi connectivity index (χ2n) is 7.49. The number of para-hydroxylation sites is 2. The summed E-state index contributed by atoms with van der Waals surface area (Å²) in [5, 5.41) is 2.52. The third kappa shape index (κ3) is 2.45. The van der Waals surface area contributed by atoms with Crippen LogP contribution in [0.25, 0.3) is 38.8 Å². The lowest BCUT2D eigenvalue weighted by atomic mass is 9.94. The molecule has 0 spiro atoms. The van der Waals surface area contributed by atoms with Crippen LogP contribution in [-0.2, 0) is 0 Å². The number of hydrogen-bond acceptors (Lipinski definition) is 1. The number of benzene rings is 3. The molecule has 2 nitrogen and oxygen atoms in total. The second-order valence-corrected chi connectivity index (χ2v) is 7.49. The molecular formula is C26H22N2. The fraction of sp³-hybridized carbons (Fsp3) is 0.115. The van der Waals surface area contributed by atoms with E-state index in [-0.39, 0.29) is 0 Å². The van der Waals surface area contributed by atoms with Gasteiger partial charge in [0.1, 0.15) is 5.82 Å². The van der Waals surface area contributed by atoms with Crippen LogP contribution < -0.4 is 0 Å². The van der Waals surface area contributed by atoms with Crippen molar-refractivity contribution in [3.05, 3.63) is 95.7 Å². The van der Waals surface area contributed by atoms with Crippen molar-refractivity contribution < 1.29 is 0 Å². The number of aryl methyl sites for hydroxylation is 3. The van der Waals surface area contributed by atoms with Gasteiger partial charge in [-0.2, -0.15) is 0 Å². The van der Waals surface area contributed by atoms with Crippen molar-refractivity contribution in [2.45, 2.75) is 20.8 Å². The van der Waals surface area contributed by atoms with Gasteiger partial charge in [0.05, 0.1) is 11.0 Å². The molecule has 0 N–H and O–H groups in total. The van der Waals surface area contributed by atoms with Gasteiger partial charge < -0.3 is 0 Å². The highest BCUT2D eigenvalue weighted by molar-refractivity contribution is 6.09. The van der Waals surface area contributed by atoms with Crippen molar-refractivity contribution in [2.24, 2.45) is 0 Å². The Morgan fingerprint density at radius 2 is 1.21 bits per heavy atom. The first-order valence-corrected chi connectivity index (χ1v) is 9.67. The van der Waals surface area contributed by atoms with Gasteiger partial charge in [-0.05, 0) is 61.2 Å². The molecule has 0 radical (unpaired) electrons. The number of aromatic nitrogens is 2. The van der Waals surface area contributed by atoms with Crippen molar-refractivity contribution in [1.29, 1.82) is 0 Å². The zero-order valence-electron chi connectivity index (χ0n) is 16.4. The molecule has 3 aromatic carbocycles. The Morgan fingerprint density at radius 3 is 1.79 bits per heavy atom. The summed E-state index contributed by atoms with van der Waals surface area (Å²) in [5.41, 5.74) is 8.69. The van der Waals surface area contributed by atoms with Crippen LogP contribution in [0.4, 0.5) is 0 Å². The first-order valence-electron chi connectivity index (χ1n) is 9.67. The lowest BCUT2D eigenvalue weighted by Gasteiger charge is -2.14. The summed E-state index contributed by atoms with van der Waals surface area (Å²) in [6.45, 7) is 6.52. The van der Waals surface area contributed by atoms with Crippen molar-refractivity contribution in [1.82, 2.24) is 9.55 Å². The monoisotopic (exact) mass is 362 g/mol. The van der Waals surface area contributed by atoms with Crippen molar-refractivity contribution in [2.75, 3.05) is 0 Å². The van der Waals surface area contributed by atoms with Gasteiger partial charge in [-0.3, -0.25) is 4.57 Å². The quantitative estimate of drug-likeness (QED) is 0.339. The van der Waals surface area contributed by atoms with Crippen LogP contribution >= 0.6 is 0 Å². The highest BCUT2D eigenvalue weighted by Crippen LogP contribution is 2.34. The Hall–Kier alpha value is -3.39. The first-order chi connectivity index (χ1) is 13.6. The molecule has 0 unspecified atom stereocenters. The largest absolute Gasteiger partial charge is 0.294 e. The third-order valence-electron chi connectivity index (χ3n) is 5.66. The molecule has 5 aromatic rings. The number of nitrogens with zero attached hydrogens (tertiary/aromatic N) is 2. The van der Waals surface area contributed by atoms with Gasteiger partial charge >= 0.3 is 0 Å². The van der Waals surface area contributed by atoms with E-state index in [4.69, 9.17) is 4.98 Å². The van der Waals surface area contributed by atoms with E-state index in [2.05, 4.69) is 98.1 Å². The van der Waals surface area contributed by atoms with E-state index in [0.717, 1.165) is 5.82 Å². The minimum Gasteiger partial charge on any atom is -0.294 e. The van der Waals surface area contributed by atoms with E-state index in [1.165, 1.54) is 49.6 Å². The molecule has 0 atom stereocenters. The Bertz CT molecular complexity index is 1270. The molecule has 0 aliphatic heterocycles. The predicted octanol–water partition coefficient (Wildman–Crippen LogP) is 6.77. The van der Waals surface area contributed by atoms with E-state index in [1.807, 2.05) is 6.20 Å². The molecule has 2 heteroatoms. The SMILES string of the molecule is Cc1cc(-n2c3ccccc3c3ccccc32)ncc1-c1c(C)cccc1C. The molecule has 0 saturated carbocycles. The van der Waals surface area contributed by atoms with Gasteiger partial charge in [-0.25, -0.2) is 4.98 Å². The fourth-order valence-electron chi connectivity index (χ4n) is 4.33. The number of hydrogen-bond donors (Lipinski definition) is 0. The summed E-state index contributed by atoms with van der Waals surface area (Å²) >= 11 is 0. The maximum absolute atomic E-state index is 4.90. The predicted molar refractivity (Wildman–Crippen MR) is 118 cm³/mol. The molecule has 0 saturated heterocycles. The average Bonchev–Trinajstić information content (AvgIpc) is 3.03. The summed E-state index contributed by atoms with van der Waals surface area (Å²) < 4.78 is 2.27. The molecule has 0 aliphatic carbocycles. The maximum Gasteiger partial charge on any atom is 0.137 e. The molecule has 136 valence electrons. The lowest BCUT2D eigenvalue weighted by Crippen LogP contribution is -2.00. The van der Waals surface area contributed by atoms with Crippen LogP contribution in [0, 0.1) is 20.8 Å². The molecule has 2 heterocycles. The highest BCUT2D eigenvalue weighted by atomic mass is 15.1. The number of fused-ring (bicyclic) bond motifs is 3. The molecular weight excluding hydrogens is 340 g/mol. The van der Waals surface area contributed by atoms with E-state index < -0.39 is 0 Å². The van der Waals surface area contributed by atoms with Crippen LogP contribution in [0.3, 0.4) is 0 Å². The summed E-state index contributed by atoms with van der Waals surface area (Å²) in [4.78, 5) is 4.90. The molecule has 28 heavy (non-hydrogen) atoms. The van der Waals surface area contributed by atoms with Gasteiger partial charge in [0.25, 0.3) is 0 Å². The molecule has 5 rings (SSSR count). The van der Waals surface area contributed by atoms with Crippen molar-refractivity contribution >= 4 is 21.8 Å². The molecule has 2 aromatic heterocycles. The van der Waals surface area contributed by atoms with Crippen LogP contribution in [-0.4, -0.2) is 9.55 Å². The number of rotatable bonds is 2.